The molecule has 0 bridgehead atoms. The van der Waals surface area contributed by atoms with Gasteiger partial charge in [0.15, 0.2) is 0 Å². The van der Waals surface area contributed by atoms with E-state index in [1.54, 1.807) is 51.2 Å². The van der Waals surface area contributed by atoms with Crippen molar-refractivity contribution in [2.24, 2.45) is 7.05 Å². The highest BCUT2D eigenvalue weighted by Gasteiger charge is 2.39. The van der Waals surface area contributed by atoms with Crippen molar-refractivity contribution in [2.45, 2.75) is 51.9 Å². The monoisotopic (exact) mass is 491 g/mol. The number of nitrogens with zero attached hydrogens (tertiary/aromatic N) is 5. The molecule has 0 radical (unpaired) electrons. The number of aryl methyl sites for hydroxylation is 1. The van der Waals surface area contributed by atoms with Crippen LogP contribution in [0.25, 0.3) is 15.9 Å². The lowest BCUT2D eigenvalue weighted by Crippen LogP contribution is -2.58. The van der Waals surface area contributed by atoms with E-state index in [-0.39, 0.29) is 41.4 Å². The van der Waals surface area contributed by atoms with Crippen LogP contribution in [0.5, 0.6) is 0 Å². The fraction of sp³-hybridized carbons (Fsp3) is 0.407. The molecule has 1 aromatic carbocycles. The van der Waals surface area contributed by atoms with E-state index in [1.807, 2.05) is 13.8 Å². The minimum atomic E-state index is -0.695. The number of halogens is 1. The number of piperazine rings is 1. The molecule has 1 saturated heterocycles. The number of ether oxygens (including phenoxy) is 1. The summed E-state index contributed by atoms with van der Waals surface area (Å²) in [4.78, 5) is 38.1. The highest BCUT2D eigenvalue weighted by Crippen LogP contribution is 2.34. The molecule has 1 aliphatic heterocycles. The molecule has 0 spiro atoms. The third-order valence-corrected chi connectivity index (χ3v) is 6.60. The number of carbonyl (C=O) groups excluding carboxylic acids is 1. The van der Waals surface area contributed by atoms with Crippen LogP contribution in [-0.4, -0.2) is 51.7 Å². The van der Waals surface area contributed by atoms with Gasteiger partial charge in [-0.25, -0.2) is 9.18 Å². The number of carbonyl (C=O) groups is 1. The summed E-state index contributed by atoms with van der Waals surface area (Å²) in [6.45, 7) is 16.0. The van der Waals surface area contributed by atoms with Crippen molar-refractivity contribution in [2.75, 3.05) is 18.0 Å². The Morgan fingerprint density at radius 1 is 1.14 bits per heavy atom. The van der Waals surface area contributed by atoms with Crippen molar-refractivity contribution >= 4 is 28.5 Å². The van der Waals surface area contributed by atoms with Gasteiger partial charge in [-0.3, -0.25) is 9.69 Å². The first kappa shape index (κ1) is 25.3. The standard InChI is InChI=1S/C27H30FN5O3/c1-16(2)36-27(35)26(19-7-9-20(28)10-8-19)33-15-17(3)32(14-18(33)4)22-13-24(34)31(6)21-11-12-23(29-5)30-25(21)22/h7-13,16-18,26H,14-15H2,1-4,6H3/t17-,18+,26?/m0/s1. The third kappa shape index (κ3) is 4.82. The van der Waals surface area contributed by atoms with E-state index in [1.165, 1.54) is 16.7 Å². The molecular weight excluding hydrogens is 461 g/mol. The smallest absolute Gasteiger partial charge is 0.328 e. The van der Waals surface area contributed by atoms with Crippen LogP contribution in [-0.2, 0) is 16.6 Å². The number of rotatable bonds is 5. The molecule has 1 fully saturated rings. The van der Waals surface area contributed by atoms with Crippen molar-refractivity contribution in [3.8, 4) is 0 Å². The molecule has 3 atom stereocenters. The van der Waals surface area contributed by atoms with Crippen molar-refractivity contribution in [1.29, 1.82) is 0 Å². The second kappa shape index (κ2) is 10.1. The lowest BCUT2D eigenvalue weighted by Gasteiger charge is -2.47. The van der Waals surface area contributed by atoms with Gasteiger partial charge in [-0.05, 0) is 57.5 Å². The van der Waals surface area contributed by atoms with Gasteiger partial charge in [0.05, 0.1) is 17.3 Å². The zero-order chi connectivity index (χ0) is 26.1. The van der Waals surface area contributed by atoms with Gasteiger partial charge in [-0.2, -0.15) is 0 Å². The number of esters is 1. The number of fused-ring (bicyclic) bond motifs is 1. The second-order valence-electron chi connectivity index (χ2n) is 9.56. The highest BCUT2D eigenvalue weighted by atomic mass is 19.1. The van der Waals surface area contributed by atoms with Crippen LogP contribution < -0.4 is 10.5 Å². The van der Waals surface area contributed by atoms with Gasteiger partial charge in [0, 0.05) is 38.3 Å². The van der Waals surface area contributed by atoms with Gasteiger partial charge < -0.3 is 19.0 Å². The Balaban J connectivity index is 1.73. The summed E-state index contributed by atoms with van der Waals surface area (Å²) in [6, 6.07) is 9.96. The molecule has 0 saturated carbocycles. The van der Waals surface area contributed by atoms with Crippen molar-refractivity contribution < 1.29 is 13.9 Å². The van der Waals surface area contributed by atoms with Crippen LogP contribution in [0.1, 0.15) is 39.3 Å². The molecular formula is C27H30FN5O3. The molecule has 188 valence electrons. The Morgan fingerprint density at radius 2 is 1.83 bits per heavy atom. The Kier molecular flexibility index (Phi) is 7.09. The van der Waals surface area contributed by atoms with Crippen molar-refractivity contribution in [1.82, 2.24) is 14.5 Å². The van der Waals surface area contributed by atoms with E-state index in [4.69, 9.17) is 11.3 Å². The molecule has 0 amide bonds. The number of benzene rings is 1. The van der Waals surface area contributed by atoms with Gasteiger partial charge >= 0.3 is 5.97 Å². The first-order valence-corrected chi connectivity index (χ1v) is 12.0. The lowest BCUT2D eigenvalue weighted by atomic mass is 9.99. The summed E-state index contributed by atoms with van der Waals surface area (Å²) in [6.07, 6.45) is -0.288. The lowest BCUT2D eigenvalue weighted by molar-refractivity contribution is -0.155. The summed E-state index contributed by atoms with van der Waals surface area (Å²) >= 11 is 0. The number of pyridine rings is 2. The average Bonchev–Trinajstić information content (AvgIpc) is 2.84. The van der Waals surface area contributed by atoms with Crippen LogP contribution in [0, 0.1) is 12.4 Å². The highest BCUT2D eigenvalue weighted by molar-refractivity contribution is 5.90. The normalized spacial score (nSPS) is 19.3. The first-order valence-electron chi connectivity index (χ1n) is 12.0. The van der Waals surface area contributed by atoms with Gasteiger partial charge in [-0.1, -0.05) is 18.7 Å². The minimum Gasteiger partial charge on any atom is -0.462 e. The zero-order valence-electron chi connectivity index (χ0n) is 21.1. The Bertz CT molecular complexity index is 1380. The van der Waals surface area contributed by atoms with E-state index in [0.29, 0.717) is 35.4 Å². The van der Waals surface area contributed by atoms with Crippen molar-refractivity contribution in [3.63, 3.8) is 0 Å². The molecule has 3 aromatic rings. The summed E-state index contributed by atoms with van der Waals surface area (Å²) in [7, 11) is 1.69. The third-order valence-electron chi connectivity index (χ3n) is 6.60. The maximum absolute atomic E-state index is 13.6. The SMILES string of the molecule is [C-]#[N+]c1ccc2c(n1)c(N1C[C@@H](C)N(C(C(=O)OC(C)C)c3ccc(F)cc3)C[C@@H]1C)cc(=O)n2C. The second-order valence-corrected chi connectivity index (χ2v) is 9.56. The van der Waals surface area contributed by atoms with Gasteiger partial charge in [0.25, 0.3) is 11.4 Å². The topological polar surface area (TPSA) is 72.0 Å². The number of hydrogen-bond acceptors (Lipinski definition) is 6. The Morgan fingerprint density at radius 3 is 2.47 bits per heavy atom. The van der Waals surface area contributed by atoms with Crippen LogP contribution in [0.3, 0.4) is 0 Å². The quantitative estimate of drug-likeness (QED) is 0.393. The molecule has 1 unspecified atom stereocenters. The molecule has 8 nitrogen and oxygen atoms in total. The molecule has 9 heteroatoms. The van der Waals surface area contributed by atoms with Gasteiger partial charge in [-0.15, -0.1) is 4.98 Å². The largest absolute Gasteiger partial charge is 0.462 e. The van der Waals surface area contributed by atoms with E-state index in [9.17, 15) is 14.0 Å². The number of anilines is 1. The van der Waals surface area contributed by atoms with E-state index in [0.717, 1.165) is 0 Å². The average molecular weight is 492 g/mol. The van der Waals surface area contributed by atoms with E-state index in [2.05, 4.69) is 19.6 Å². The number of aromatic nitrogens is 2. The van der Waals surface area contributed by atoms with Crippen LogP contribution >= 0.6 is 0 Å². The van der Waals surface area contributed by atoms with E-state index >= 15 is 0 Å². The van der Waals surface area contributed by atoms with Crippen LogP contribution in [0.4, 0.5) is 15.9 Å². The first-order chi connectivity index (χ1) is 17.1. The summed E-state index contributed by atoms with van der Waals surface area (Å²) in [5.74, 6) is -0.495. The fourth-order valence-corrected chi connectivity index (χ4v) is 4.84. The van der Waals surface area contributed by atoms with E-state index < -0.39 is 6.04 Å². The Labute approximate surface area is 209 Å². The summed E-state index contributed by atoms with van der Waals surface area (Å²) in [5.41, 5.74) is 2.41. The van der Waals surface area contributed by atoms with Crippen LogP contribution in [0.2, 0.25) is 0 Å². The molecule has 0 N–H and O–H groups in total. The zero-order valence-corrected chi connectivity index (χ0v) is 21.1. The minimum absolute atomic E-state index is 0.0929. The Hall–Kier alpha value is -3.77. The predicted molar refractivity (Wildman–Crippen MR) is 137 cm³/mol. The molecule has 1 aliphatic rings. The fourth-order valence-electron chi connectivity index (χ4n) is 4.84. The molecule has 3 heterocycles. The number of hydrogen-bond donors (Lipinski definition) is 0. The van der Waals surface area contributed by atoms with Gasteiger partial charge in [0.2, 0.25) is 5.52 Å². The van der Waals surface area contributed by atoms with Crippen molar-refractivity contribution in [3.05, 3.63) is 75.6 Å². The summed E-state index contributed by atoms with van der Waals surface area (Å²) in [5, 5.41) is 0. The van der Waals surface area contributed by atoms with Gasteiger partial charge in [0.1, 0.15) is 11.9 Å². The summed E-state index contributed by atoms with van der Waals surface area (Å²) < 4.78 is 20.7. The molecule has 0 aliphatic carbocycles. The molecule has 2 aromatic heterocycles. The molecule has 4 rings (SSSR count). The maximum atomic E-state index is 13.6. The van der Waals surface area contributed by atoms with Crippen LogP contribution in [0.15, 0.2) is 47.3 Å². The predicted octanol–water partition coefficient (Wildman–Crippen LogP) is 4.22. The molecule has 36 heavy (non-hydrogen) atoms. The maximum Gasteiger partial charge on any atom is 0.328 e.